The maximum Gasteiger partial charge on any atom is 0.253 e. The highest BCUT2D eigenvalue weighted by Crippen LogP contribution is 2.13. The van der Waals surface area contributed by atoms with Gasteiger partial charge in [0.1, 0.15) is 0 Å². The van der Waals surface area contributed by atoms with E-state index in [0.29, 0.717) is 56.1 Å². The second-order valence-corrected chi connectivity index (χ2v) is 7.54. The van der Waals surface area contributed by atoms with Gasteiger partial charge in [0.25, 0.3) is 11.8 Å². The minimum atomic E-state index is -0.106. The molecule has 7 nitrogen and oxygen atoms in total. The number of amides is 3. The van der Waals surface area contributed by atoms with Crippen LogP contribution in [0.15, 0.2) is 54.6 Å². The molecule has 2 aromatic carbocycles. The molecule has 1 heterocycles. The average Bonchev–Trinajstić information content (AvgIpc) is 2.81. The van der Waals surface area contributed by atoms with E-state index in [-0.39, 0.29) is 24.3 Å². The van der Waals surface area contributed by atoms with E-state index in [2.05, 4.69) is 5.32 Å². The van der Waals surface area contributed by atoms with Crippen LogP contribution in [0.25, 0.3) is 0 Å². The lowest BCUT2D eigenvalue weighted by Gasteiger charge is -2.34. The molecular formula is C24H30N4O3. The highest BCUT2D eigenvalue weighted by molar-refractivity contribution is 5.96. The van der Waals surface area contributed by atoms with Crippen LogP contribution >= 0.6 is 0 Å². The van der Waals surface area contributed by atoms with E-state index in [1.165, 1.54) is 0 Å². The van der Waals surface area contributed by atoms with Crippen molar-refractivity contribution in [1.29, 1.82) is 0 Å². The van der Waals surface area contributed by atoms with Crippen molar-refractivity contribution in [2.45, 2.75) is 13.8 Å². The summed E-state index contributed by atoms with van der Waals surface area (Å²) >= 11 is 0. The van der Waals surface area contributed by atoms with Crippen molar-refractivity contribution in [3.8, 4) is 0 Å². The summed E-state index contributed by atoms with van der Waals surface area (Å²) in [7, 11) is 0. The lowest BCUT2D eigenvalue weighted by molar-refractivity contribution is -0.117. The number of nitrogens with one attached hydrogen (secondary N) is 1. The van der Waals surface area contributed by atoms with Gasteiger partial charge in [0.15, 0.2) is 0 Å². The summed E-state index contributed by atoms with van der Waals surface area (Å²) in [6, 6.07) is 16.3. The number of rotatable bonds is 7. The van der Waals surface area contributed by atoms with Crippen molar-refractivity contribution >= 4 is 23.4 Å². The Labute approximate surface area is 183 Å². The van der Waals surface area contributed by atoms with Crippen LogP contribution in [0.2, 0.25) is 0 Å². The van der Waals surface area contributed by atoms with Crippen molar-refractivity contribution in [3.63, 3.8) is 0 Å². The summed E-state index contributed by atoms with van der Waals surface area (Å²) in [5.74, 6) is -0.0829. The van der Waals surface area contributed by atoms with Crippen LogP contribution in [0.3, 0.4) is 0 Å². The Balaban J connectivity index is 1.46. The van der Waals surface area contributed by atoms with Crippen LogP contribution in [0, 0.1) is 0 Å². The van der Waals surface area contributed by atoms with Gasteiger partial charge in [-0.2, -0.15) is 0 Å². The summed E-state index contributed by atoms with van der Waals surface area (Å²) in [4.78, 5) is 43.0. The van der Waals surface area contributed by atoms with E-state index in [9.17, 15) is 14.4 Å². The molecule has 7 heteroatoms. The molecule has 2 aromatic rings. The van der Waals surface area contributed by atoms with Crippen molar-refractivity contribution in [2.24, 2.45) is 0 Å². The molecule has 3 amide bonds. The third-order valence-electron chi connectivity index (χ3n) is 5.51. The topological polar surface area (TPSA) is 73.0 Å². The first-order valence-electron chi connectivity index (χ1n) is 10.8. The molecule has 1 N–H and O–H groups in total. The fourth-order valence-electron chi connectivity index (χ4n) is 3.67. The Bertz CT molecular complexity index is 887. The molecule has 0 aliphatic carbocycles. The number of anilines is 1. The first-order valence-corrected chi connectivity index (χ1v) is 10.8. The van der Waals surface area contributed by atoms with E-state index >= 15 is 0 Å². The zero-order valence-corrected chi connectivity index (χ0v) is 18.2. The molecule has 0 saturated carbocycles. The molecule has 0 bridgehead atoms. The van der Waals surface area contributed by atoms with Crippen LogP contribution in [-0.2, 0) is 4.79 Å². The number of benzene rings is 2. The molecule has 0 radical (unpaired) electrons. The Morgan fingerprint density at radius 1 is 0.839 bits per heavy atom. The Morgan fingerprint density at radius 2 is 1.45 bits per heavy atom. The van der Waals surface area contributed by atoms with Gasteiger partial charge in [0.2, 0.25) is 5.91 Å². The predicted octanol–water partition coefficient (Wildman–Crippen LogP) is 2.57. The molecule has 1 aliphatic heterocycles. The van der Waals surface area contributed by atoms with Crippen LogP contribution in [0.4, 0.5) is 5.69 Å². The molecule has 3 rings (SSSR count). The molecule has 164 valence electrons. The fourth-order valence-corrected chi connectivity index (χ4v) is 3.67. The van der Waals surface area contributed by atoms with Gasteiger partial charge in [0.05, 0.1) is 6.54 Å². The standard InChI is InChI=1S/C24H30N4O3/c1-3-27(4-2)23(30)20-10-12-21(13-11-20)25-22(29)18-26-14-16-28(17-15-26)24(31)19-8-6-5-7-9-19/h5-13H,3-4,14-18H2,1-2H3,(H,25,29). The van der Waals surface area contributed by atoms with Gasteiger partial charge in [-0.05, 0) is 50.2 Å². The van der Waals surface area contributed by atoms with Crippen molar-refractivity contribution in [3.05, 3.63) is 65.7 Å². The predicted molar refractivity (Wildman–Crippen MR) is 121 cm³/mol. The lowest BCUT2D eigenvalue weighted by atomic mass is 10.1. The first-order chi connectivity index (χ1) is 15.0. The van der Waals surface area contributed by atoms with Gasteiger partial charge >= 0.3 is 0 Å². The van der Waals surface area contributed by atoms with Crippen molar-refractivity contribution < 1.29 is 14.4 Å². The normalized spacial score (nSPS) is 14.2. The summed E-state index contributed by atoms with van der Waals surface area (Å²) in [6.07, 6.45) is 0. The smallest absolute Gasteiger partial charge is 0.253 e. The van der Waals surface area contributed by atoms with Crippen LogP contribution < -0.4 is 5.32 Å². The maximum atomic E-state index is 12.5. The fraction of sp³-hybridized carbons (Fsp3) is 0.375. The lowest BCUT2D eigenvalue weighted by Crippen LogP contribution is -2.50. The third-order valence-corrected chi connectivity index (χ3v) is 5.51. The number of carbonyl (C=O) groups is 3. The third kappa shape index (κ3) is 5.92. The van der Waals surface area contributed by atoms with Crippen LogP contribution in [-0.4, -0.2) is 78.2 Å². The van der Waals surface area contributed by atoms with Gasteiger partial charge in [-0.1, -0.05) is 18.2 Å². The average molecular weight is 423 g/mol. The Hall–Kier alpha value is -3.19. The largest absolute Gasteiger partial charge is 0.339 e. The van der Waals surface area contributed by atoms with Gasteiger partial charge in [0, 0.05) is 56.1 Å². The summed E-state index contributed by atoms with van der Waals surface area (Å²) in [5, 5.41) is 2.89. The maximum absolute atomic E-state index is 12.5. The molecule has 1 aliphatic rings. The van der Waals surface area contributed by atoms with Gasteiger partial charge in [-0.3, -0.25) is 19.3 Å². The van der Waals surface area contributed by atoms with E-state index in [0.717, 1.165) is 0 Å². The van der Waals surface area contributed by atoms with E-state index in [4.69, 9.17) is 0 Å². The van der Waals surface area contributed by atoms with Gasteiger partial charge in [-0.25, -0.2) is 0 Å². The Kier molecular flexibility index (Phi) is 7.78. The number of carbonyl (C=O) groups excluding carboxylic acids is 3. The van der Waals surface area contributed by atoms with E-state index < -0.39 is 0 Å². The monoisotopic (exact) mass is 422 g/mol. The van der Waals surface area contributed by atoms with E-state index in [1.807, 2.05) is 54.0 Å². The molecule has 31 heavy (non-hydrogen) atoms. The summed E-state index contributed by atoms with van der Waals surface area (Å²) < 4.78 is 0. The zero-order valence-electron chi connectivity index (χ0n) is 18.2. The van der Waals surface area contributed by atoms with Gasteiger partial charge < -0.3 is 15.1 Å². The van der Waals surface area contributed by atoms with E-state index in [1.54, 1.807) is 29.2 Å². The number of nitrogens with zero attached hydrogens (tertiary/aromatic N) is 3. The molecule has 0 atom stereocenters. The second-order valence-electron chi connectivity index (χ2n) is 7.54. The minimum absolute atomic E-state index is 0.00852. The van der Waals surface area contributed by atoms with Gasteiger partial charge in [-0.15, -0.1) is 0 Å². The highest BCUT2D eigenvalue weighted by Gasteiger charge is 2.23. The summed E-state index contributed by atoms with van der Waals surface area (Å²) in [5.41, 5.74) is 1.97. The molecule has 0 aromatic heterocycles. The molecule has 1 fully saturated rings. The number of piperazine rings is 1. The minimum Gasteiger partial charge on any atom is -0.339 e. The number of hydrogen-bond acceptors (Lipinski definition) is 4. The SMILES string of the molecule is CCN(CC)C(=O)c1ccc(NC(=O)CN2CCN(C(=O)c3ccccc3)CC2)cc1. The van der Waals surface area contributed by atoms with Crippen molar-refractivity contribution in [1.82, 2.24) is 14.7 Å². The highest BCUT2D eigenvalue weighted by atomic mass is 16.2. The molecule has 0 spiro atoms. The first kappa shape index (κ1) is 22.5. The Morgan fingerprint density at radius 3 is 2.03 bits per heavy atom. The number of hydrogen-bond donors (Lipinski definition) is 1. The zero-order chi connectivity index (χ0) is 22.2. The second kappa shape index (κ2) is 10.7. The molecule has 1 saturated heterocycles. The molecular weight excluding hydrogens is 392 g/mol. The molecule has 0 unspecified atom stereocenters. The van der Waals surface area contributed by atoms with Crippen LogP contribution in [0.1, 0.15) is 34.6 Å². The van der Waals surface area contributed by atoms with Crippen LogP contribution in [0.5, 0.6) is 0 Å². The van der Waals surface area contributed by atoms with Crippen molar-refractivity contribution in [2.75, 3.05) is 51.1 Å². The quantitative estimate of drug-likeness (QED) is 0.744. The summed E-state index contributed by atoms with van der Waals surface area (Å²) in [6.45, 7) is 8.02.